The van der Waals surface area contributed by atoms with E-state index in [1.54, 1.807) is 13.0 Å². The van der Waals surface area contributed by atoms with Crippen molar-refractivity contribution in [3.63, 3.8) is 0 Å². The summed E-state index contributed by atoms with van der Waals surface area (Å²) in [6.45, 7) is 1.18. The first kappa shape index (κ1) is 13.7. The minimum atomic E-state index is -2.98. The molecule has 1 aromatic carbocycles. The van der Waals surface area contributed by atoms with E-state index in [0.717, 1.165) is 0 Å². The van der Waals surface area contributed by atoms with Gasteiger partial charge in [0, 0.05) is 6.07 Å². The van der Waals surface area contributed by atoms with Crippen LogP contribution in [0.15, 0.2) is 12.1 Å². The third-order valence-electron chi connectivity index (χ3n) is 2.49. The first-order valence-corrected chi connectivity index (χ1v) is 5.21. The molecule has 0 bridgehead atoms. The molecular weight excluding hydrogens is 228 g/mol. The van der Waals surface area contributed by atoms with Gasteiger partial charge in [-0.3, -0.25) is 0 Å². The summed E-state index contributed by atoms with van der Waals surface area (Å²) in [6, 6.07) is 3.04. The Hall–Kier alpha value is -1.36. The Balaban J connectivity index is 3.31. The molecule has 0 saturated heterocycles. The van der Waals surface area contributed by atoms with E-state index in [2.05, 4.69) is 5.32 Å². The molecule has 0 aliphatic rings. The Morgan fingerprint density at radius 2 is 1.88 bits per heavy atom. The van der Waals surface area contributed by atoms with Gasteiger partial charge in [-0.05, 0) is 25.6 Å². The lowest BCUT2D eigenvalue weighted by Gasteiger charge is -2.22. The van der Waals surface area contributed by atoms with Crippen LogP contribution in [0.3, 0.4) is 0 Å². The minimum absolute atomic E-state index is 0.102. The van der Waals surface area contributed by atoms with Gasteiger partial charge >= 0.3 is 0 Å². The van der Waals surface area contributed by atoms with Crippen LogP contribution in [0.25, 0.3) is 0 Å². The number of benzene rings is 1. The molecule has 0 spiro atoms. The van der Waals surface area contributed by atoms with E-state index in [1.165, 1.54) is 27.3 Å². The molecule has 0 aliphatic heterocycles. The fourth-order valence-corrected chi connectivity index (χ4v) is 1.78. The van der Waals surface area contributed by atoms with Gasteiger partial charge in [0.25, 0.3) is 5.92 Å². The summed E-state index contributed by atoms with van der Waals surface area (Å²) in [7, 11) is 4.34. The van der Waals surface area contributed by atoms with Crippen molar-refractivity contribution in [2.24, 2.45) is 0 Å². The largest absolute Gasteiger partial charge is 0.497 e. The van der Waals surface area contributed by atoms with Gasteiger partial charge in [0.15, 0.2) is 0 Å². The number of methoxy groups -OCH3 is 2. The smallest absolute Gasteiger partial charge is 0.289 e. The molecule has 0 unspecified atom stereocenters. The number of aryl methyl sites for hydroxylation is 1. The molecule has 1 N–H and O–H groups in total. The van der Waals surface area contributed by atoms with Crippen LogP contribution in [0, 0.1) is 6.92 Å². The summed E-state index contributed by atoms with van der Waals surface area (Å²) in [4.78, 5) is 0. The summed E-state index contributed by atoms with van der Waals surface area (Å²) >= 11 is 0. The highest BCUT2D eigenvalue weighted by atomic mass is 19.3. The van der Waals surface area contributed by atoms with Gasteiger partial charge in [-0.2, -0.15) is 8.78 Å². The van der Waals surface area contributed by atoms with Crippen molar-refractivity contribution in [3.8, 4) is 11.5 Å². The first-order chi connectivity index (χ1) is 7.96. The first-order valence-electron chi connectivity index (χ1n) is 5.21. The lowest BCUT2D eigenvalue weighted by molar-refractivity contribution is -0.00408. The van der Waals surface area contributed by atoms with Crippen molar-refractivity contribution in [2.75, 3.05) is 27.8 Å². The molecule has 0 atom stereocenters. The maximum Gasteiger partial charge on any atom is 0.289 e. The minimum Gasteiger partial charge on any atom is -0.497 e. The highest BCUT2D eigenvalue weighted by Gasteiger charge is 2.36. The SMILES string of the molecule is CNCC(F)(F)c1c(C)cc(OC)cc1OC. The molecule has 0 saturated carbocycles. The van der Waals surface area contributed by atoms with E-state index in [4.69, 9.17) is 9.47 Å². The predicted octanol–water partition coefficient (Wildman–Crippen LogP) is 2.32. The third kappa shape index (κ3) is 2.85. The van der Waals surface area contributed by atoms with Crippen molar-refractivity contribution < 1.29 is 18.3 Å². The number of alkyl halides is 2. The number of likely N-dealkylation sites (N-methyl/N-ethyl adjacent to an activating group) is 1. The zero-order valence-corrected chi connectivity index (χ0v) is 10.4. The zero-order chi connectivity index (χ0) is 13.1. The molecular formula is C12H17F2NO2. The fourth-order valence-electron chi connectivity index (χ4n) is 1.78. The van der Waals surface area contributed by atoms with Gasteiger partial charge in [-0.15, -0.1) is 0 Å². The standard InChI is InChI=1S/C12H17F2NO2/c1-8-5-9(16-3)6-10(17-4)11(8)12(13,14)7-15-2/h5-6,15H,7H2,1-4H3. The topological polar surface area (TPSA) is 30.5 Å². The number of nitrogens with one attached hydrogen (secondary N) is 1. The molecule has 0 fully saturated rings. The lowest BCUT2D eigenvalue weighted by Crippen LogP contribution is -2.29. The van der Waals surface area contributed by atoms with E-state index in [9.17, 15) is 8.78 Å². The summed E-state index contributed by atoms with van der Waals surface area (Å²) in [5, 5.41) is 2.48. The quantitative estimate of drug-likeness (QED) is 0.863. The monoisotopic (exact) mass is 245 g/mol. The average Bonchev–Trinajstić information content (AvgIpc) is 2.27. The van der Waals surface area contributed by atoms with Crippen LogP contribution in [0.2, 0.25) is 0 Å². The van der Waals surface area contributed by atoms with Crippen LogP contribution < -0.4 is 14.8 Å². The van der Waals surface area contributed by atoms with Gasteiger partial charge in [-0.1, -0.05) is 0 Å². The molecule has 1 aromatic rings. The Bertz CT molecular complexity index is 394. The molecule has 0 heterocycles. The van der Waals surface area contributed by atoms with Gasteiger partial charge in [-0.25, -0.2) is 0 Å². The molecule has 3 nitrogen and oxygen atoms in total. The second kappa shape index (κ2) is 5.31. The Morgan fingerprint density at radius 3 is 2.35 bits per heavy atom. The molecule has 0 aliphatic carbocycles. The molecule has 17 heavy (non-hydrogen) atoms. The van der Waals surface area contributed by atoms with E-state index in [0.29, 0.717) is 11.3 Å². The molecule has 5 heteroatoms. The fraction of sp³-hybridized carbons (Fsp3) is 0.500. The van der Waals surface area contributed by atoms with Gasteiger partial charge in [0.2, 0.25) is 0 Å². The summed E-state index contributed by atoms with van der Waals surface area (Å²) in [5.74, 6) is -2.33. The van der Waals surface area contributed by atoms with Crippen LogP contribution >= 0.6 is 0 Å². The van der Waals surface area contributed by atoms with Crippen LogP contribution in [0.1, 0.15) is 11.1 Å². The highest BCUT2D eigenvalue weighted by Crippen LogP contribution is 2.39. The summed E-state index contributed by atoms with van der Waals surface area (Å²) < 4.78 is 37.9. The summed E-state index contributed by atoms with van der Waals surface area (Å²) in [5.41, 5.74) is 0.344. The van der Waals surface area contributed by atoms with E-state index >= 15 is 0 Å². The van der Waals surface area contributed by atoms with Gasteiger partial charge in [0.05, 0.1) is 26.3 Å². The predicted molar refractivity (Wildman–Crippen MR) is 62.1 cm³/mol. The van der Waals surface area contributed by atoms with Crippen molar-refractivity contribution in [3.05, 3.63) is 23.3 Å². The Kier molecular flexibility index (Phi) is 4.28. The molecule has 0 radical (unpaired) electrons. The summed E-state index contributed by atoms with van der Waals surface area (Å²) in [6.07, 6.45) is 0. The van der Waals surface area contributed by atoms with Crippen molar-refractivity contribution in [1.29, 1.82) is 0 Å². The van der Waals surface area contributed by atoms with Crippen LogP contribution in [0.5, 0.6) is 11.5 Å². The number of ether oxygens (including phenoxy) is 2. The van der Waals surface area contributed by atoms with Crippen molar-refractivity contribution >= 4 is 0 Å². The van der Waals surface area contributed by atoms with Crippen LogP contribution in [-0.4, -0.2) is 27.8 Å². The maximum absolute atomic E-state index is 13.9. The van der Waals surface area contributed by atoms with Crippen LogP contribution in [0.4, 0.5) is 8.78 Å². The van der Waals surface area contributed by atoms with E-state index in [-0.39, 0.29) is 11.3 Å². The molecule has 0 aromatic heterocycles. The number of hydrogen-bond donors (Lipinski definition) is 1. The van der Waals surface area contributed by atoms with E-state index in [1.807, 2.05) is 0 Å². The zero-order valence-electron chi connectivity index (χ0n) is 10.4. The highest BCUT2D eigenvalue weighted by molar-refractivity contribution is 5.48. The maximum atomic E-state index is 13.9. The Morgan fingerprint density at radius 1 is 1.24 bits per heavy atom. The van der Waals surface area contributed by atoms with E-state index < -0.39 is 12.5 Å². The molecule has 1 rings (SSSR count). The Labute approximate surface area is 99.7 Å². The number of hydrogen-bond acceptors (Lipinski definition) is 3. The molecule has 0 amide bonds. The van der Waals surface area contributed by atoms with Gasteiger partial charge in [0.1, 0.15) is 11.5 Å². The van der Waals surface area contributed by atoms with Crippen molar-refractivity contribution in [2.45, 2.75) is 12.8 Å². The third-order valence-corrected chi connectivity index (χ3v) is 2.49. The van der Waals surface area contributed by atoms with Crippen LogP contribution in [-0.2, 0) is 5.92 Å². The second-order valence-electron chi connectivity index (χ2n) is 3.76. The average molecular weight is 245 g/mol. The lowest BCUT2D eigenvalue weighted by atomic mass is 10.0. The second-order valence-corrected chi connectivity index (χ2v) is 3.76. The molecule has 96 valence electrons. The normalized spacial score (nSPS) is 11.4. The number of halogens is 2. The van der Waals surface area contributed by atoms with Gasteiger partial charge < -0.3 is 14.8 Å². The number of rotatable bonds is 5. The van der Waals surface area contributed by atoms with Crippen molar-refractivity contribution in [1.82, 2.24) is 5.32 Å².